The average molecular weight is 174 g/mol. The van der Waals surface area contributed by atoms with Gasteiger partial charge in [-0.15, -0.1) is 0 Å². The zero-order valence-electron chi connectivity index (χ0n) is 9.14. The van der Waals surface area contributed by atoms with Gasteiger partial charge in [-0.05, 0) is 28.1 Å². The minimum absolute atomic E-state index is 0.0185. The molecule has 0 aromatic heterocycles. The molecule has 3 nitrogen and oxygen atoms in total. The van der Waals surface area contributed by atoms with E-state index >= 15 is 0 Å². The van der Waals surface area contributed by atoms with Crippen molar-refractivity contribution in [2.45, 2.75) is 26.8 Å². The Morgan fingerprint density at radius 2 is 1.83 bits per heavy atom. The maximum atomic E-state index is 10.9. The van der Waals surface area contributed by atoms with E-state index in [1.165, 1.54) is 0 Å². The van der Waals surface area contributed by atoms with Crippen molar-refractivity contribution < 1.29 is 4.79 Å². The first-order valence-electron chi connectivity index (χ1n) is 4.41. The predicted molar refractivity (Wildman–Crippen MR) is 53.4 cm³/mol. The molecule has 0 radical (unpaired) electrons. The third-order valence-corrected chi connectivity index (χ3v) is 1.49. The van der Waals surface area contributed by atoms with Crippen molar-refractivity contribution in [2.75, 3.05) is 27.7 Å². The van der Waals surface area contributed by atoms with Crippen LogP contribution in [-0.4, -0.2) is 44.4 Å². The van der Waals surface area contributed by atoms with Gasteiger partial charge in [-0.1, -0.05) is 13.8 Å². The molecule has 1 N–H and O–H groups in total. The van der Waals surface area contributed by atoms with Crippen molar-refractivity contribution in [1.82, 2.24) is 10.2 Å². The van der Waals surface area contributed by atoms with Crippen LogP contribution in [0.1, 0.15) is 20.8 Å². The lowest BCUT2D eigenvalue weighted by Gasteiger charge is -2.20. The number of nitrogens with zero attached hydrogens (tertiary/aromatic N) is 1. The largest absolute Gasteiger partial charge is 0.318 e. The maximum absolute atomic E-state index is 10.9. The minimum Gasteiger partial charge on any atom is -0.318 e. The van der Waals surface area contributed by atoms with Gasteiger partial charge in [-0.3, -0.25) is 9.69 Å². The summed E-state index contributed by atoms with van der Waals surface area (Å²) in [5, 5.41) is 2.97. The molecule has 0 aromatic carbocycles. The van der Waals surface area contributed by atoms with Gasteiger partial charge in [0.2, 0.25) is 0 Å². The summed E-state index contributed by atoms with van der Waals surface area (Å²) in [6.07, 6.45) is 0. The van der Waals surface area contributed by atoms with Crippen LogP contribution in [0.4, 0.5) is 0 Å². The van der Waals surface area contributed by atoms with Gasteiger partial charge in [0.15, 0.2) is 0 Å². The van der Waals surface area contributed by atoms with Crippen molar-refractivity contribution in [1.29, 1.82) is 0 Å². The van der Waals surface area contributed by atoms with Gasteiger partial charge in [0.25, 0.3) is 0 Å². The standard InChI is InChI=1S/C7H16N2O.C2H6/c1-6(10)7(5-8-2)9(3)4;1-2/h7-8H,5H2,1-4H3;1-2H3. The molecule has 0 aliphatic heterocycles. The van der Waals surface area contributed by atoms with E-state index in [1.807, 2.05) is 39.9 Å². The number of nitrogens with one attached hydrogen (secondary N) is 1. The molecule has 0 saturated carbocycles. The van der Waals surface area contributed by atoms with Crippen molar-refractivity contribution >= 4 is 5.78 Å². The van der Waals surface area contributed by atoms with Gasteiger partial charge in [0.05, 0.1) is 6.04 Å². The number of rotatable bonds is 4. The van der Waals surface area contributed by atoms with E-state index in [9.17, 15) is 4.79 Å². The van der Waals surface area contributed by atoms with Crippen LogP contribution < -0.4 is 5.32 Å². The molecule has 0 bridgehead atoms. The fourth-order valence-electron chi connectivity index (χ4n) is 0.883. The van der Waals surface area contributed by atoms with Crippen molar-refractivity contribution in [3.05, 3.63) is 0 Å². The molecular weight excluding hydrogens is 152 g/mol. The number of Topliss-reactive ketones (excluding diaryl/α,β-unsaturated/α-hetero) is 1. The Labute approximate surface area is 76.1 Å². The molecule has 0 fully saturated rings. The van der Waals surface area contributed by atoms with Gasteiger partial charge in [0, 0.05) is 6.54 Å². The quantitative estimate of drug-likeness (QED) is 0.682. The highest BCUT2D eigenvalue weighted by molar-refractivity contribution is 5.81. The molecule has 0 aliphatic rings. The van der Waals surface area contributed by atoms with E-state index in [-0.39, 0.29) is 11.8 Å². The lowest BCUT2D eigenvalue weighted by molar-refractivity contribution is -0.121. The lowest BCUT2D eigenvalue weighted by Crippen LogP contribution is -2.41. The maximum Gasteiger partial charge on any atom is 0.148 e. The van der Waals surface area contributed by atoms with Crippen molar-refractivity contribution in [2.24, 2.45) is 0 Å². The van der Waals surface area contributed by atoms with Crippen LogP contribution in [0.15, 0.2) is 0 Å². The molecule has 1 atom stereocenters. The molecule has 1 unspecified atom stereocenters. The Morgan fingerprint density at radius 1 is 1.42 bits per heavy atom. The molecule has 0 saturated heterocycles. The van der Waals surface area contributed by atoms with Crippen LogP contribution in [-0.2, 0) is 4.79 Å². The zero-order chi connectivity index (χ0) is 10.1. The summed E-state index contributed by atoms with van der Waals surface area (Å²) in [4.78, 5) is 12.8. The second-order valence-electron chi connectivity index (χ2n) is 2.65. The van der Waals surface area contributed by atoms with E-state index in [0.29, 0.717) is 0 Å². The summed E-state index contributed by atoms with van der Waals surface area (Å²) in [6, 6.07) is 0.0185. The summed E-state index contributed by atoms with van der Waals surface area (Å²) in [5.74, 6) is 0.208. The Morgan fingerprint density at radius 3 is 1.92 bits per heavy atom. The molecule has 0 heterocycles. The van der Waals surface area contributed by atoms with Crippen LogP contribution in [0.5, 0.6) is 0 Å². The van der Waals surface area contributed by atoms with Crippen LogP contribution >= 0.6 is 0 Å². The van der Waals surface area contributed by atoms with Crippen LogP contribution in [0, 0.1) is 0 Å². The summed E-state index contributed by atoms with van der Waals surface area (Å²) >= 11 is 0. The summed E-state index contributed by atoms with van der Waals surface area (Å²) in [6.45, 7) is 6.34. The molecular formula is C9H22N2O. The minimum atomic E-state index is 0.0185. The van der Waals surface area contributed by atoms with Crippen LogP contribution in [0.2, 0.25) is 0 Å². The van der Waals surface area contributed by atoms with E-state index < -0.39 is 0 Å². The molecule has 3 heteroatoms. The molecule has 0 spiro atoms. The number of ketones is 1. The number of likely N-dealkylation sites (N-methyl/N-ethyl adjacent to an activating group) is 2. The zero-order valence-corrected chi connectivity index (χ0v) is 9.14. The molecule has 74 valence electrons. The van der Waals surface area contributed by atoms with Gasteiger partial charge < -0.3 is 5.32 Å². The molecule has 0 amide bonds. The molecule has 12 heavy (non-hydrogen) atoms. The monoisotopic (exact) mass is 174 g/mol. The predicted octanol–water partition coefficient (Wildman–Crippen LogP) is 0.751. The molecule has 0 aliphatic carbocycles. The normalized spacial score (nSPS) is 11.9. The van der Waals surface area contributed by atoms with E-state index in [4.69, 9.17) is 0 Å². The third-order valence-electron chi connectivity index (χ3n) is 1.49. The first kappa shape index (κ1) is 14.1. The Balaban J connectivity index is 0. The smallest absolute Gasteiger partial charge is 0.148 e. The highest BCUT2D eigenvalue weighted by Gasteiger charge is 2.14. The average Bonchev–Trinajstić information content (AvgIpc) is 2.03. The molecule has 0 rings (SSSR count). The number of carbonyl (C=O) groups excluding carboxylic acids is 1. The van der Waals surface area contributed by atoms with E-state index in [1.54, 1.807) is 6.92 Å². The van der Waals surface area contributed by atoms with Crippen molar-refractivity contribution in [3.8, 4) is 0 Å². The number of hydrogen-bond acceptors (Lipinski definition) is 3. The second kappa shape index (κ2) is 8.68. The highest BCUT2D eigenvalue weighted by atomic mass is 16.1. The summed E-state index contributed by atoms with van der Waals surface area (Å²) < 4.78 is 0. The van der Waals surface area contributed by atoms with Gasteiger partial charge in [0.1, 0.15) is 5.78 Å². The fourth-order valence-corrected chi connectivity index (χ4v) is 0.883. The molecule has 0 aromatic rings. The SMILES string of the molecule is CC.CNCC(C(C)=O)N(C)C. The van der Waals surface area contributed by atoms with Crippen LogP contribution in [0.3, 0.4) is 0 Å². The second-order valence-corrected chi connectivity index (χ2v) is 2.65. The van der Waals surface area contributed by atoms with Crippen molar-refractivity contribution in [3.63, 3.8) is 0 Å². The van der Waals surface area contributed by atoms with E-state index in [2.05, 4.69) is 5.32 Å². The Bertz CT molecular complexity index is 113. The Kier molecular flexibility index (Phi) is 10.2. The lowest BCUT2D eigenvalue weighted by atomic mass is 10.2. The first-order valence-corrected chi connectivity index (χ1v) is 4.41. The Hall–Kier alpha value is -0.410. The first-order chi connectivity index (χ1) is 5.59. The van der Waals surface area contributed by atoms with Gasteiger partial charge in [-0.2, -0.15) is 0 Å². The number of carbonyl (C=O) groups is 1. The number of hydrogen-bond donors (Lipinski definition) is 1. The fraction of sp³-hybridized carbons (Fsp3) is 0.889. The topological polar surface area (TPSA) is 32.3 Å². The van der Waals surface area contributed by atoms with Gasteiger partial charge in [-0.25, -0.2) is 0 Å². The van der Waals surface area contributed by atoms with Gasteiger partial charge >= 0.3 is 0 Å². The summed E-state index contributed by atoms with van der Waals surface area (Å²) in [5.41, 5.74) is 0. The highest BCUT2D eigenvalue weighted by Crippen LogP contribution is 1.91. The third kappa shape index (κ3) is 6.31. The van der Waals surface area contributed by atoms with Crippen LogP contribution in [0.25, 0.3) is 0 Å². The van der Waals surface area contributed by atoms with E-state index in [0.717, 1.165) is 6.54 Å². The summed E-state index contributed by atoms with van der Waals surface area (Å²) in [7, 11) is 5.66.